The van der Waals surface area contributed by atoms with E-state index >= 15 is 0 Å². The van der Waals surface area contributed by atoms with Crippen molar-refractivity contribution in [3.8, 4) is 0 Å². The fourth-order valence-electron chi connectivity index (χ4n) is 0.539. The van der Waals surface area contributed by atoms with E-state index < -0.39 is 0 Å². The van der Waals surface area contributed by atoms with Crippen molar-refractivity contribution in [2.75, 3.05) is 0 Å². The summed E-state index contributed by atoms with van der Waals surface area (Å²) in [6, 6.07) is 0. The zero-order valence-corrected chi connectivity index (χ0v) is 9.45. The predicted octanol–water partition coefficient (Wildman–Crippen LogP) is 3.16. The summed E-state index contributed by atoms with van der Waals surface area (Å²) in [7, 11) is 0. The molecule has 0 amide bonds. The zero-order chi connectivity index (χ0) is 8.36. The number of allylic oxidation sites excluding steroid dienone is 4. The van der Waals surface area contributed by atoms with Crippen LogP contribution in [0.25, 0.3) is 0 Å². The van der Waals surface area contributed by atoms with Crippen LogP contribution in [0, 0.1) is 0 Å². The Labute approximate surface area is 80.2 Å². The molecule has 0 aromatic heterocycles. The van der Waals surface area contributed by atoms with Gasteiger partial charge in [-0.25, -0.2) is 0 Å². The molecule has 0 spiro atoms. The summed E-state index contributed by atoms with van der Waals surface area (Å²) in [5, 5.41) is 0. The molecule has 0 aromatic carbocycles. The van der Waals surface area contributed by atoms with Crippen LogP contribution >= 0.6 is 0 Å². The summed E-state index contributed by atoms with van der Waals surface area (Å²) in [5.41, 5.74) is 0. The van der Waals surface area contributed by atoms with Crippen LogP contribution in [0.4, 0.5) is 0 Å². The van der Waals surface area contributed by atoms with E-state index in [1.54, 1.807) is 6.08 Å². The van der Waals surface area contributed by atoms with Crippen LogP contribution in [-0.2, 0) is 0 Å². The van der Waals surface area contributed by atoms with Gasteiger partial charge in [0.25, 0.3) is 0 Å². The zero-order valence-electron chi connectivity index (χ0n) is 7.12. The number of rotatable bonds is 6. The summed E-state index contributed by atoms with van der Waals surface area (Å²) in [5.74, 6) is 0. The first-order chi connectivity index (χ1) is 5.41. The topological polar surface area (TPSA) is 0 Å². The van der Waals surface area contributed by atoms with Crippen LogP contribution < -0.4 is 0 Å². The second kappa shape index (κ2) is 10.0. The molecule has 0 aliphatic rings. The van der Waals surface area contributed by atoms with E-state index in [1.165, 1.54) is 17.3 Å². The van der Waals surface area contributed by atoms with Gasteiger partial charge in [0.1, 0.15) is 0 Å². The van der Waals surface area contributed by atoms with Crippen molar-refractivity contribution in [2.45, 2.75) is 24.2 Å². The van der Waals surface area contributed by atoms with Crippen LogP contribution in [0.15, 0.2) is 35.0 Å². The molecular formula is C10H16Te. The molecule has 0 heterocycles. The molecular weight excluding hydrogens is 248 g/mol. The van der Waals surface area contributed by atoms with Crippen molar-refractivity contribution < 1.29 is 0 Å². The molecule has 0 radical (unpaired) electrons. The molecule has 0 N–H and O–H groups in total. The molecule has 0 saturated heterocycles. The van der Waals surface area contributed by atoms with Crippen molar-refractivity contribution in [3.63, 3.8) is 0 Å². The van der Waals surface area contributed by atoms with Crippen molar-refractivity contribution in [2.24, 2.45) is 0 Å². The fraction of sp³-hybridized carbons (Fsp3) is 0.400. The summed E-state index contributed by atoms with van der Waals surface area (Å²) in [4.78, 5) is 0. The molecule has 62 valence electrons. The van der Waals surface area contributed by atoms with Crippen LogP contribution in [-0.4, -0.2) is 20.9 Å². The second-order valence-electron chi connectivity index (χ2n) is 2.17. The molecule has 0 atom stereocenters. The van der Waals surface area contributed by atoms with E-state index in [2.05, 4.69) is 23.7 Å². The summed E-state index contributed by atoms with van der Waals surface area (Å²) < 4.78 is 3.78. The monoisotopic (exact) mass is 266 g/mol. The third kappa shape index (κ3) is 10.0. The molecule has 0 aliphatic carbocycles. The minimum atomic E-state index is 0.176. The molecule has 0 fully saturated rings. The summed E-state index contributed by atoms with van der Waals surface area (Å²) in [6.07, 6.45) is 10.7. The average Bonchev–Trinajstić information content (AvgIpc) is 2.03. The van der Waals surface area contributed by atoms with Gasteiger partial charge in [0, 0.05) is 0 Å². The van der Waals surface area contributed by atoms with Crippen molar-refractivity contribution in [1.29, 1.82) is 0 Å². The molecule has 1 heteroatoms. The number of hydrogen-bond acceptors (Lipinski definition) is 0. The van der Waals surface area contributed by atoms with E-state index in [0.717, 1.165) is 0 Å². The summed E-state index contributed by atoms with van der Waals surface area (Å²) in [6.45, 7) is 5.84. The quantitative estimate of drug-likeness (QED) is 0.392. The van der Waals surface area contributed by atoms with Crippen molar-refractivity contribution >= 4 is 20.9 Å². The first kappa shape index (κ1) is 11.0. The van der Waals surface area contributed by atoms with Gasteiger partial charge in [-0.15, -0.1) is 0 Å². The maximum atomic E-state index is 3.60. The van der Waals surface area contributed by atoms with Crippen molar-refractivity contribution in [3.05, 3.63) is 35.0 Å². The fourth-order valence-corrected chi connectivity index (χ4v) is 2.80. The third-order valence-electron chi connectivity index (χ3n) is 1.15. The van der Waals surface area contributed by atoms with Gasteiger partial charge >= 0.3 is 80.2 Å². The second-order valence-corrected chi connectivity index (χ2v) is 5.07. The van der Waals surface area contributed by atoms with Gasteiger partial charge in [-0.05, 0) is 0 Å². The minimum absolute atomic E-state index is 0.176. The maximum absolute atomic E-state index is 3.60. The third-order valence-corrected chi connectivity index (χ3v) is 3.64. The standard InChI is InChI=1S/C10H16Te/c1-3-5-7-8-10-11-9-6-4-2/h3,5,7-8,10H,1,4,6,9H2,2H3/b7-5+,10-8+. The molecule has 0 saturated carbocycles. The van der Waals surface area contributed by atoms with E-state index in [4.69, 9.17) is 0 Å². The SMILES string of the molecule is C=C/C=C/C=C/[Te]CCCC. The Bertz CT molecular complexity index is 134. The Balaban J connectivity index is 3.15. The average molecular weight is 264 g/mol. The Morgan fingerprint density at radius 1 is 1.27 bits per heavy atom. The molecule has 0 aromatic rings. The van der Waals surface area contributed by atoms with E-state index in [-0.39, 0.29) is 20.9 Å². The Morgan fingerprint density at radius 3 is 2.73 bits per heavy atom. The molecule has 11 heavy (non-hydrogen) atoms. The first-order valence-electron chi connectivity index (χ1n) is 3.97. The van der Waals surface area contributed by atoms with Gasteiger partial charge < -0.3 is 0 Å². The molecule has 0 rings (SSSR count). The predicted molar refractivity (Wildman–Crippen MR) is 53.9 cm³/mol. The van der Waals surface area contributed by atoms with E-state index in [9.17, 15) is 0 Å². The normalized spacial score (nSPS) is 11.4. The Morgan fingerprint density at radius 2 is 2.09 bits per heavy atom. The first-order valence-corrected chi connectivity index (χ1v) is 6.97. The molecule has 0 nitrogen and oxygen atoms in total. The summed E-state index contributed by atoms with van der Waals surface area (Å²) >= 11 is 0.176. The molecule has 0 unspecified atom stereocenters. The van der Waals surface area contributed by atoms with Gasteiger partial charge in [0.05, 0.1) is 0 Å². The van der Waals surface area contributed by atoms with Crippen molar-refractivity contribution in [1.82, 2.24) is 0 Å². The van der Waals surface area contributed by atoms with Crippen LogP contribution in [0.3, 0.4) is 0 Å². The molecule has 0 bridgehead atoms. The van der Waals surface area contributed by atoms with Gasteiger partial charge in [-0.1, -0.05) is 0 Å². The van der Waals surface area contributed by atoms with Crippen LogP contribution in [0.1, 0.15) is 19.8 Å². The number of unbranched alkanes of at least 4 members (excludes halogenated alkanes) is 1. The van der Waals surface area contributed by atoms with Gasteiger partial charge in [0.2, 0.25) is 0 Å². The van der Waals surface area contributed by atoms with Gasteiger partial charge in [0.15, 0.2) is 0 Å². The van der Waals surface area contributed by atoms with Gasteiger partial charge in [-0.3, -0.25) is 0 Å². The van der Waals surface area contributed by atoms with E-state index in [1.807, 2.05) is 12.2 Å². The van der Waals surface area contributed by atoms with E-state index in [0.29, 0.717) is 0 Å². The Kier molecular flexibility index (Phi) is 10.0. The van der Waals surface area contributed by atoms with Gasteiger partial charge in [-0.2, -0.15) is 0 Å². The van der Waals surface area contributed by atoms with Crippen LogP contribution in [0.5, 0.6) is 0 Å². The molecule has 0 aliphatic heterocycles. The van der Waals surface area contributed by atoms with Crippen LogP contribution in [0.2, 0.25) is 4.47 Å². The number of hydrogen-bond donors (Lipinski definition) is 0. The Hall–Kier alpha value is 0.00961.